The highest BCUT2D eigenvalue weighted by Crippen LogP contribution is 2.34. The Balaban J connectivity index is 1.55. The highest BCUT2D eigenvalue weighted by atomic mass is 35.5. The third kappa shape index (κ3) is 3.75. The fraction of sp³-hybridized carbons (Fsp3) is 0.100. The van der Waals surface area contributed by atoms with Gasteiger partial charge in [-0.05, 0) is 25.1 Å². The number of anilines is 2. The first-order valence-electron chi connectivity index (χ1n) is 9.58. The molecule has 0 saturated carbocycles. The number of aryl methyl sites for hydroxylation is 1. The van der Waals surface area contributed by atoms with Gasteiger partial charge in [0.05, 0.1) is 28.1 Å². The maximum Gasteiger partial charge on any atom is 0.328 e. The van der Waals surface area contributed by atoms with Crippen molar-refractivity contribution in [2.75, 3.05) is 12.4 Å². The predicted molar refractivity (Wildman–Crippen MR) is 124 cm³/mol. The number of halogens is 1. The van der Waals surface area contributed by atoms with Crippen molar-refractivity contribution < 1.29 is 9.21 Å². The predicted octanol–water partition coefficient (Wildman–Crippen LogP) is 3.79. The van der Waals surface area contributed by atoms with E-state index in [0.29, 0.717) is 32.1 Å². The molecule has 33 heavy (non-hydrogen) atoms. The van der Waals surface area contributed by atoms with Crippen LogP contribution in [0.25, 0.3) is 32.9 Å². The summed E-state index contributed by atoms with van der Waals surface area (Å²) in [5.74, 6) is 0.111. The second-order valence-electron chi connectivity index (χ2n) is 6.96. The minimum Gasteiger partial charge on any atom is -0.444 e. The fourth-order valence-corrected chi connectivity index (χ4v) is 4.18. The van der Waals surface area contributed by atoms with Crippen molar-refractivity contribution in [1.82, 2.24) is 35.3 Å². The van der Waals surface area contributed by atoms with Gasteiger partial charge in [-0.2, -0.15) is 5.10 Å². The zero-order valence-electron chi connectivity index (χ0n) is 17.2. The molecule has 166 valence electrons. The monoisotopic (exact) mass is 482 g/mol. The molecule has 0 aliphatic heterocycles. The molecule has 0 aliphatic carbocycles. The SMILES string of the molecule is CNC(=O)n1cc(-c2nnc(Nc3ccc4[nH]ncc4c3Cl)s2)cc(-c2nc(C)co2)c1=O. The number of aromatic nitrogens is 6. The van der Waals surface area contributed by atoms with Gasteiger partial charge in [-0.1, -0.05) is 22.9 Å². The van der Waals surface area contributed by atoms with Gasteiger partial charge in [0.25, 0.3) is 5.56 Å². The molecule has 0 radical (unpaired) electrons. The van der Waals surface area contributed by atoms with Crippen LogP contribution >= 0.6 is 22.9 Å². The van der Waals surface area contributed by atoms with Crippen molar-refractivity contribution in [2.24, 2.45) is 0 Å². The Morgan fingerprint density at radius 2 is 2.15 bits per heavy atom. The first-order valence-corrected chi connectivity index (χ1v) is 10.8. The van der Waals surface area contributed by atoms with E-state index in [2.05, 4.69) is 36.0 Å². The van der Waals surface area contributed by atoms with E-state index in [1.165, 1.54) is 30.8 Å². The van der Waals surface area contributed by atoms with Gasteiger partial charge in [0.2, 0.25) is 11.0 Å². The smallest absolute Gasteiger partial charge is 0.328 e. The third-order valence-corrected chi connectivity index (χ3v) is 6.07. The number of carbonyl (C=O) groups is 1. The number of hydrogen-bond acceptors (Lipinski definition) is 9. The number of nitrogens with one attached hydrogen (secondary N) is 3. The van der Waals surface area contributed by atoms with Gasteiger partial charge in [0.15, 0.2) is 5.01 Å². The summed E-state index contributed by atoms with van der Waals surface area (Å²) in [6.45, 7) is 1.74. The number of carbonyl (C=O) groups excluding carboxylic acids is 1. The van der Waals surface area contributed by atoms with Crippen molar-refractivity contribution in [2.45, 2.75) is 6.92 Å². The summed E-state index contributed by atoms with van der Waals surface area (Å²) in [7, 11) is 1.43. The molecule has 4 aromatic heterocycles. The lowest BCUT2D eigenvalue weighted by molar-refractivity contribution is 0.243. The molecule has 1 aromatic carbocycles. The molecule has 0 aliphatic rings. The van der Waals surface area contributed by atoms with E-state index >= 15 is 0 Å². The number of aromatic amines is 1. The van der Waals surface area contributed by atoms with Crippen molar-refractivity contribution in [3.8, 4) is 22.0 Å². The van der Waals surface area contributed by atoms with Crippen LogP contribution in [-0.4, -0.2) is 43.0 Å². The van der Waals surface area contributed by atoms with Gasteiger partial charge in [-0.25, -0.2) is 14.3 Å². The average molecular weight is 483 g/mol. The van der Waals surface area contributed by atoms with Crippen molar-refractivity contribution in [3.63, 3.8) is 0 Å². The Hall–Kier alpha value is -4.03. The van der Waals surface area contributed by atoms with Gasteiger partial charge >= 0.3 is 6.03 Å². The molecule has 0 spiro atoms. The van der Waals surface area contributed by atoms with Crippen molar-refractivity contribution in [3.05, 3.63) is 57.9 Å². The molecule has 5 rings (SSSR count). The Morgan fingerprint density at radius 1 is 1.30 bits per heavy atom. The number of rotatable bonds is 4. The zero-order chi connectivity index (χ0) is 23.1. The van der Waals surface area contributed by atoms with Gasteiger partial charge < -0.3 is 15.1 Å². The van der Waals surface area contributed by atoms with E-state index in [1.807, 2.05) is 6.07 Å². The van der Waals surface area contributed by atoms with Crippen LogP contribution in [0.3, 0.4) is 0 Å². The van der Waals surface area contributed by atoms with Crippen LogP contribution in [-0.2, 0) is 0 Å². The van der Waals surface area contributed by atoms with E-state index < -0.39 is 11.6 Å². The lowest BCUT2D eigenvalue weighted by Gasteiger charge is -2.07. The maximum absolute atomic E-state index is 12.9. The molecule has 11 nitrogen and oxygen atoms in total. The van der Waals surface area contributed by atoms with E-state index in [-0.39, 0.29) is 11.5 Å². The normalized spacial score (nSPS) is 11.1. The van der Waals surface area contributed by atoms with Crippen LogP contribution in [0.1, 0.15) is 5.69 Å². The van der Waals surface area contributed by atoms with Gasteiger partial charge in [0.1, 0.15) is 11.8 Å². The molecule has 1 amide bonds. The van der Waals surface area contributed by atoms with Crippen LogP contribution < -0.4 is 16.2 Å². The number of fused-ring (bicyclic) bond motifs is 1. The van der Waals surface area contributed by atoms with Crippen LogP contribution in [0.4, 0.5) is 15.6 Å². The number of pyridine rings is 1. The second kappa shape index (κ2) is 8.15. The summed E-state index contributed by atoms with van der Waals surface area (Å²) in [6.07, 6.45) is 4.47. The molecule has 0 atom stereocenters. The number of H-pyrrole nitrogens is 1. The highest BCUT2D eigenvalue weighted by Gasteiger charge is 2.19. The van der Waals surface area contributed by atoms with E-state index in [9.17, 15) is 9.59 Å². The van der Waals surface area contributed by atoms with E-state index in [4.69, 9.17) is 16.0 Å². The highest BCUT2D eigenvalue weighted by molar-refractivity contribution is 7.18. The summed E-state index contributed by atoms with van der Waals surface area (Å²) in [5, 5.41) is 23.0. The zero-order valence-corrected chi connectivity index (χ0v) is 18.8. The number of hydrogen-bond donors (Lipinski definition) is 3. The van der Waals surface area contributed by atoms with Crippen LogP contribution in [0.2, 0.25) is 5.02 Å². The maximum atomic E-state index is 12.9. The minimum absolute atomic E-state index is 0.111. The van der Waals surface area contributed by atoms with Gasteiger partial charge in [-0.3, -0.25) is 9.89 Å². The number of amides is 1. The van der Waals surface area contributed by atoms with Gasteiger partial charge in [-0.15, -0.1) is 10.2 Å². The Labute approximate surface area is 194 Å². The van der Waals surface area contributed by atoms with Crippen LogP contribution in [0.15, 0.2) is 46.1 Å². The molecule has 0 unspecified atom stereocenters. The Bertz CT molecular complexity index is 1570. The summed E-state index contributed by atoms with van der Waals surface area (Å²) in [4.78, 5) is 29.4. The molecule has 13 heteroatoms. The summed E-state index contributed by atoms with van der Waals surface area (Å²) >= 11 is 7.70. The third-order valence-electron chi connectivity index (χ3n) is 4.77. The molecule has 3 N–H and O–H groups in total. The first-order chi connectivity index (χ1) is 15.9. The lowest BCUT2D eigenvalue weighted by atomic mass is 10.2. The minimum atomic E-state index is -0.602. The molecule has 4 heterocycles. The molecule has 0 bridgehead atoms. The fourth-order valence-electron chi connectivity index (χ4n) is 3.19. The standard InChI is InChI=1S/C20H15ClN8O3S/c1-9-8-32-16(24-9)11-5-10(7-29(18(11)30)20(31)22-2)17-27-28-19(33-17)25-14-4-3-13-12(15(14)21)6-23-26-13/h3-8H,1-2H3,(H,22,31)(H,23,26)(H,25,28). The van der Waals surface area contributed by atoms with Gasteiger partial charge in [0, 0.05) is 24.2 Å². The Kier molecular flexibility index (Phi) is 5.15. The van der Waals surface area contributed by atoms with Crippen LogP contribution in [0, 0.1) is 6.92 Å². The molecule has 0 fully saturated rings. The van der Waals surface area contributed by atoms with Crippen molar-refractivity contribution in [1.29, 1.82) is 0 Å². The second-order valence-corrected chi connectivity index (χ2v) is 8.32. The number of benzene rings is 1. The molecule has 0 saturated heterocycles. The summed E-state index contributed by atoms with van der Waals surface area (Å²) in [5.41, 5.74) is 2.11. The largest absolute Gasteiger partial charge is 0.444 e. The summed E-state index contributed by atoms with van der Waals surface area (Å²) < 4.78 is 6.34. The quantitative estimate of drug-likeness (QED) is 0.351. The van der Waals surface area contributed by atoms with E-state index in [0.717, 1.165) is 15.5 Å². The Morgan fingerprint density at radius 3 is 2.91 bits per heavy atom. The summed E-state index contributed by atoms with van der Waals surface area (Å²) in [6, 6.07) is 4.62. The van der Waals surface area contributed by atoms with Crippen molar-refractivity contribution >= 4 is 50.7 Å². The van der Waals surface area contributed by atoms with E-state index in [1.54, 1.807) is 25.3 Å². The number of nitrogens with zero attached hydrogens (tertiary/aromatic N) is 5. The lowest BCUT2D eigenvalue weighted by Crippen LogP contribution is -2.34. The first kappa shape index (κ1) is 20.8. The average Bonchev–Trinajstić information content (AvgIpc) is 3.56. The number of oxazole rings is 1. The topological polar surface area (TPSA) is 144 Å². The molecular formula is C20H15ClN8O3S. The molecular weight excluding hydrogens is 468 g/mol. The van der Waals surface area contributed by atoms with Crippen LogP contribution in [0.5, 0.6) is 0 Å². The molecule has 5 aromatic rings.